The molecule has 0 amide bonds. The number of nitrogens with zero attached hydrogens (tertiary/aromatic N) is 6. The second-order valence-corrected chi connectivity index (χ2v) is 9.34. The highest BCUT2D eigenvalue weighted by molar-refractivity contribution is 6.11. The van der Waals surface area contributed by atoms with Gasteiger partial charge in [0.1, 0.15) is 5.82 Å². The number of allylic oxidation sites excluding steroid dienone is 7. The van der Waals surface area contributed by atoms with Crippen molar-refractivity contribution in [2.45, 2.75) is 44.2 Å². The van der Waals surface area contributed by atoms with Crippen LogP contribution in [0.3, 0.4) is 0 Å². The van der Waals surface area contributed by atoms with E-state index in [4.69, 9.17) is 24.5 Å². The van der Waals surface area contributed by atoms with Crippen LogP contribution >= 0.6 is 0 Å². The van der Waals surface area contributed by atoms with Crippen LogP contribution in [0.4, 0.5) is 11.6 Å². The highest BCUT2D eigenvalue weighted by Gasteiger charge is 2.38. The summed E-state index contributed by atoms with van der Waals surface area (Å²) in [4.78, 5) is 16.3. The van der Waals surface area contributed by atoms with Gasteiger partial charge in [0, 0.05) is 43.6 Å². The lowest BCUT2D eigenvalue weighted by Crippen LogP contribution is -2.40. The van der Waals surface area contributed by atoms with Crippen LogP contribution < -0.4 is 14.6 Å². The first-order chi connectivity index (χ1) is 18.3. The van der Waals surface area contributed by atoms with Gasteiger partial charge in [-0.05, 0) is 43.4 Å². The molecule has 2 saturated heterocycles. The number of fused-ring (bicyclic) bond motifs is 1. The molecule has 0 N–H and O–H groups in total. The molecular formula is C29H30N6O2. The average molecular weight is 495 g/mol. The van der Waals surface area contributed by atoms with Crippen molar-refractivity contribution in [3.63, 3.8) is 0 Å². The number of hydrogen-bond donors (Lipinski definition) is 0. The van der Waals surface area contributed by atoms with Gasteiger partial charge in [0.05, 0.1) is 30.7 Å². The van der Waals surface area contributed by atoms with E-state index in [1.165, 1.54) is 0 Å². The summed E-state index contributed by atoms with van der Waals surface area (Å²) in [5, 5.41) is 6.62. The molecule has 0 bridgehead atoms. The summed E-state index contributed by atoms with van der Waals surface area (Å²) < 4.78 is 12.1. The minimum atomic E-state index is 0.255. The van der Waals surface area contributed by atoms with Gasteiger partial charge in [-0.2, -0.15) is 15.1 Å². The van der Waals surface area contributed by atoms with Crippen molar-refractivity contribution in [2.24, 2.45) is 5.10 Å². The first-order valence-corrected chi connectivity index (χ1v) is 13.0. The first-order valence-electron chi connectivity index (χ1n) is 13.0. The lowest BCUT2D eigenvalue weighted by Gasteiger charge is -2.32. The molecule has 0 radical (unpaired) electrons. The molecule has 0 unspecified atom stereocenters. The minimum absolute atomic E-state index is 0.255. The Kier molecular flexibility index (Phi) is 6.92. The zero-order valence-corrected chi connectivity index (χ0v) is 20.7. The SMILES string of the molecule is C1=CC(C2=CCC=CC=C2)=NN(c2cc(N3CC[C@H]4OCCC[C@H]43)nc(OCCc3ccccn3)n2)C=1. The zero-order valence-electron chi connectivity index (χ0n) is 20.7. The molecule has 188 valence electrons. The third-order valence-electron chi connectivity index (χ3n) is 6.91. The van der Waals surface area contributed by atoms with Crippen molar-refractivity contribution in [2.75, 3.05) is 29.7 Å². The van der Waals surface area contributed by atoms with E-state index in [1.54, 1.807) is 17.4 Å². The summed E-state index contributed by atoms with van der Waals surface area (Å²) in [5.74, 6) is 1.49. The van der Waals surface area contributed by atoms with Gasteiger partial charge in [0.25, 0.3) is 0 Å². The van der Waals surface area contributed by atoms with E-state index in [0.29, 0.717) is 30.9 Å². The molecule has 0 spiro atoms. The molecule has 0 aromatic carbocycles. The number of pyridine rings is 1. The van der Waals surface area contributed by atoms with Crippen LogP contribution in [-0.4, -0.2) is 52.6 Å². The number of ether oxygens (including phenoxy) is 2. The molecule has 4 aliphatic rings. The van der Waals surface area contributed by atoms with Gasteiger partial charge in [-0.1, -0.05) is 42.2 Å². The maximum atomic E-state index is 6.07. The van der Waals surface area contributed by atoms with Crippen LogP contribution in [0.15, 0.2) is 89.5 Å². The Bertz CT molecular complexity index is 1310. The number of aromatic nitrogens is 3. The largest absolute Gasteiger partial charge is 0.463 e. The summed E-state index contributed by atoms with van der Waals surface area (Å²) in [6, 6.07) is 8.53. The van der Waals surface area contributed by atoms with Crippen LogP contribution in [0.25, 0.3) is 0 Å². The lowest BCUT2D eigenvalue weighted by molar-refractivity contribution is 0.0150. The van der Waals surface area contributed by atoms with Gasteiger partial charge in [-0.15, -0.1) is 0 Å². The van der Waals surface area contributed by atoms with Crippen LogP contribution in [0, 0.1) is 0 Å². The van der Waals surface area contributed by atoms with Crippen molar-refractivity contribution >= 4 is 17.3 Å². The Morgan fingerprint density at radius 1 is 1.14 bits per heavy atom. The topological polar surface area (TPSA) is 76.0 Å². The maximum absolute atomic E-state index is 6.07. The molecule has 8 heteroatoms. The third kappa shape index (κ3) is 5.40. The third-order valence-corrected chi connectivity index (χ3v) is 6.91. The fraction of sp³-hybridized carbons (Fsp3) is 0.345. The normalized spacial score (nSPS) is 22.5. The van der Waals surface area contributed by atoms with E-state index < -0.39 is 0 Å². The monoisotopic (exact) mass is 494 g/mol. The van der Waals surface area contributed by atoms with E-state index in [1.807, 2.05) is 42.5 Å². The van der Waals surface area contributed by atoms with Crippen LogP contribution in [-0.2, 0) is 11.2 Å². The molecule has 6 rings (SSSR count). The molecule has 3 aliphatic heterocycles. The van der Waals surface area contributed by atoms with Gasteiger partial charge in [0.15, 0.2) is 5.82 Å². The smallest absolute Gasteiger partial charge is 0.320 e. The average Bonchev–Trinajstić information content (AvgIpc) is 3.19. The van der Waals surface area contributed by atoms with Crippen molar-refractivity contribution in [3.8, 4) is 6.01 Å². The molecule has 2 aromatic heterocycles. The summed E-state index contributed by atoms with van der Waals surface area (Å²) in [7, 11) is 0. The highest BCUT2D eigenvalue weighted by atomic mass is 16.5. The quantitative estimate of drug-likeness (QED) is 0.523. The number of anilines is 2. The summed E-state index contributed by atoms with van der Waals surface area (Å²) in [5.41, 5.74) is 6.09. The molecular weight excluding hydrogens is 464 g/mol. The number of hydrazone groups is 1. The van der Waals surface area contributed by atoms with Gasteiger partial charge in [-0.3, -0.25) is 4.98 Å². The molecule has 2 atom stereocenters. The second kappa shape index (κ2) is 10.9. The van der Waals surface area contributed by atoms with Crippen molar-refractivity contribution in [1.82, 2.24) is 15.0 Å². The summed E-state index contributed by atoms with van der Waals surface area (Å²) in [6.45, 7) is 2.17. The standard InChI is InChI=1S/C29H30N6O2/c1-2-4-10-22(9-3-1)24-12-7-17-35(33-24)28-21-27(34-18-14-26-25(34)13-8-19-36-26)31-29(32-28)37-20-15-23-11-5-6-16-30-23/h1-3,5-6,9-12,16-17,21,25-26H,4,8,13-15,18-20H2/t25-,26-/m1/s1. The van der Waals surface area contributed by atoms with E-state index in [0.717, 1.165) is 61.6 Å². The Hall–Kier alpha value is -4.00. The van der Waals surface area contributed by atoms with E-state index in [2.05, 4.69) is 33.8 Å². The fourth-order valence-corrected chi connectivity index (χ4v) is 5.08. The Morgan fingerprint density at radius 2 is 2.11 bits per heavy atom. The molecule has 37 heavy (non-hydrogen) atoms. The Morgan fingerprint density at radius 3 is 3.05 bits per heavy atom. The molecule has 2 aromatic rings. The van der Waals surface area contributed by atoms with Gasteiger partial charge < -0.3 is 14.4 Å². The molecule has 0 saturated carbocycles. The molecule has 1 aliphatic carbocycles. The number of rotatable bonds is 7. The van der Waals surface area contributed by atoms with Crippen LogP contribution in [0.2, 0.25) is 0 Å². The molecule has 5 heterocycles. The molecule has 8 nitrogen and oxygen atoms in total. The molecule has 2 fully saturated rings. The van der Waals surface area contributed by atoms with E-state index >= 15 is 0 Å². The summed E-state index contributed by atoms with van der Waals surface area (Å²) in [6.07, 6.45) is 20.9. The first kappa shape index (κ1) is 23.4. The van der Waals surface area contributed by atoms with Gasteiger partial charge in [0.2, 0.25) is 0 Å². The van der Waals surface area contributed by atoms with Crippen molar-refractivity contribution < 1.29 is 9.47 Å². The van der Waals surface area contributed by atoms with Crippen molar-refractivity contribution in [1.29, 1.82) is 0 Å². The predicted molar refractivity (Wildman–Crippen MR) is 144 cm³/mol. The lowest BCUT2D eigenvalue weighted by atomic mass is 10.0. The van der Waals surface area contributed by atoms with Gasteiger partial charge >= 0.3 is 6.01 Å². The minimum Gasteiger partial charge on any atom is -0.463 e. The number of hydrogen-bond acceptors (Lipinski definition) is 8. The zero-order chi connectivity index (χ0) is 24.9. The highest BCUT2D eigenvalue weighted by Crippen LogP contribution is 2.34. The predicted octanol–water partition coefficient (Wildman–Crippen LogP) is 4.54. The second-order valence-electron chi connectivity index (χ2n) is 9.34. The fourth-order valence-electron chi connectivity index (χ4n) is 5.08. The van der Waals surface area contributed by atoms with Crippen LogP contribution in [0.5, 0.6) is 6.01 Å². The Labute approximate surface area is 217 Å². The van der Waals surface area contributed by atoms with Crippen LogP contribution in [0.1, 0.15) is 31.4 Å². The Balaban J connectivity index is 1.29. The van der Waals surface area contributed by atoms with E-state index in [-0.39, 0.29) is 6.10 Å². The maximum Gasteiger partial charge on any atom is 0.320 e. The van der Waals surface area contributed by atoms with Crippen molar-refractivity contribution in [3.05, 3.63) is 90.1 Å². The van der Waals surface area contributed by atoms with Gasteiger partial charge in [-0.25, -0.2) is 5.01 Å². The summed E-state index contributed by atoms with van der Waals surface area (Å²) >= 11 is 0. The van der Waals surface area contributed by atoms with E-state index in [9.17, 15) is 0 Å².